The number of hydrogen-bond donors (Lipinski definition) is 2. The average molecular weight is 421 g/mol. The van der Waals surface area contributed by atoms with Gasteiger partial charge in [-0.25, -0.2) is 4.99 Å². The van der Waals surface area contributed by atoms with Crippen LogP contribution in [0.15, 0.2) is 59.6 Å². The van der Waals surface area contributed by atoms with E-state index in [1.807, 2.05) is 0 Å². The molecule has 0 bridgehead atoms. The van der Waals surface area contributed by atoms with Gasteiger partial charge in [0.15, 0.2) is 5.96 Å². The number of aliphatic imine (C=N–C) groups is 1. The van der Waals surface area contributed by atoms with Crippen LogP contribution in [0.3, 0.4) is 0 Å². The summed E-state index contributed by atoms with van der Waals surface area (Å²) >= 11 is 0. The molecular formula is C19H24IN3. The molecule has 0 fully saturated rings. The summed E-state index contributed by atoms with van der Waals surface area (Å²) in [6, 6.07) is 15.4. The first-order valence-electron chi connectivity index (χ1n) is 8.03. The Bertz CT molecular complexity index is 681. The molecule has 3 rings (SSSR count). The third-order valence-electron chi connectivity index (χ3n) is 3.98. The summed E-state index contributed by atoms with van der Waals surface area (Å²) in [4.78, 5) is 4.76. The molecule has 0 aromatic heterocycles. The van der Waals surface area contributed by atoms with Crippen LogP contribution in [0.4, 0.5) is 0 Å². The zero-order valence-corrected chi connectivity index (χ0v) is 15.8. The lowest BCUT2D eigenvalue weighted by atomic mass is 10.1. The smallest absolute Gasteiger partial charge is 0.191 e. The van der Waals surface area contributed by atoms with Gasteiger partial charge in [0, 0.05) is 12.6 Å². The Hall–Kier alpha value is -1.56. The van der Waals surface area contributed by atoms with Gasteiger partial charge >= 0.3 is 0 Å². The molecule has 2 aromatic carbocycles. The zero-order chi connectivity index (χ0) is 15.2. The number of rotatable bonds is 4. The highest BCUT2D eigenvalue weighted by Crippen LogP contribution is 2.19. The monoisotopic (exact) mass is 421 g/mol. The number of guanidine groups is 1. The first kappa shape index (κ1) is 17.8. The maximum atomic E-state index is 4.76. The van der Waals surface area contributed by atoms with E-state index in [0.717, 1.165) is 25.3 Å². The second-order valence-corrected chi connectivity index (χ2v) is 5.62. The standard InChI is InChI=1S/C19H23N3.HI/c1-2-20-19(22-17-11-4-5-12-17)21-14-16-10-7-9-15-8-3-6-13-18(15)16;/h3-10,13,17H,2,11-12,14H2,1H3,(H2,20,21,22);1H. The minimum atomic E-state index is 0. The largest absolute Gasteiger partial charge is 0.357 e. The van der Waals surface area contributed by atoms with E-state index < -0.39 is 0 Å². The van der Waals surface area contributed by atoms with Crippen molar-refractivity contribution in [1.29, 1.82) is 0 Å². The molecule has 0 saturated carbocycles. The molecule has 122 valence electrons. The molecule has 2 N–H and O–H groups in total. The fourth-order valence-corrected chi connectivity index (χ4v) is 2.84. The highest BCUT2D eigenvalue weighted by molar-refractivity contribution is 14.0. The van der Waals surface area contributed by atoms with Crippen LogP contribution >= 0.6 is 24.0 Å². The maximum absolute atomic E-state index is 4.76. The average Bonchev–Trinajstić information content (AvgIpc) is 3.06. The van der Waals surface area contributed by atoms with Gasteiger partial charge in [-0.1, -0.05) is 54.6 Å². The van der Waals surface area contributed by atoms with Crippen molar-refractivity contribution in [2.75, 3.05) is 6.54 Å². The normalized spacial score (nSPS) is 14.7. The number of benzene rings is 2. The van der Waals surface area contributed by atoms with E-state index in [2.05, 4.69) is 72.2 Å². The lowest BCUT2D eigenvalue weighted by Crippen LogP contribution is -2.42. The lowest BCUT2D eigenvalue weighted by Gasteiger charge is -2.16. The summed E-state index contributed by atoms with van der Waals surface area (Å²) in [7, 11) is 0. The van der Waals surface area contributed by atoms with E-state index in [0.29, 0.717) is 12.6 Å². The summed E-state index contributed by atoms with van der Waals surface area (Å²) in [5.41, 5.74) is 1.26. The van der Waals surface area contributed by atoms with Gasteiger partial charge in [0.25, 0.3) is 0 Å². The Morgan fingerprint density at radius 2 is 1.83 bits per heavy atom. The van der Waals surface area contributed by atoms with Gasteiger partial charge in [-0.15, -0.1) is 24.0 Å². The molecule has 23 heavy (non-hydrogen) atoms. The number of nitrogens with zero attached hydrogens (tertiary/aromatic N) is 1. The third-order valence-corrected chi connectivity index (χ3v) is 3.98. The highest BCUT2D eigenvalue weighted by atomic mass is 127. The van der Waals surface area contributed by atoms with E-state index in [9.17, 15) is 0 Å². The molecule has 4 heteroatoms. The number of hydrogen-bond acceptors (Lipinski definition) is 1. The number of fused-ring (bicyclic) bond motifs is 1. The van der Waals surface area contributed by atoms with Gasteiger partial charge in [0.05, 0.1) is 6.54 Å². The molecular weight excluding hydrogens is 397 g/mol. The summed E-state index contributed by atoms with van der Waals surface area (Å²) < 4.78 is 0. The van der Waals surface area contributed by atoms with Gasteiger partial charge in [0.2, 0.25) is 0 Å². The van der Waals surface area contributed by atoms with E-state index >= 15 is 0 Å². The molecule has 1 aliphatic rings. The highest BCUT2D eigenvalue weighted by Gasteiger charge is 2.11. The van der Waals surface area contributed by atoms with Crippen LogP contribution in [0.1, 0.15) is 25.3 Å². The first-order valence-corrected chi connectivity index (χ1v) is 8.03. The molecule has 0 unspecified atom stereocenters. The quantitative estimate of drug-likeness (QED) is 0.336. The van der Waals surface area contributed by atoms with Crippen LogP contribution in [-0.4, -0.2) is 18.5 Å². The lowest BCUT2D eigenvalue weighted by molar-refractivity contribution is 0.633. The third kappa shape index (κ3) is 4.70. The van der Waals surface area contributed by atoms with Crippen molar-refractivity contribution in [1.82, 2.24) is 10.6 Å². The van der Waals surface area contributed by atoms with Gasteiger partial charge in [0.1, 0.15) is 0 Å². The van der Waals surface area contributed by atoms with E-state index in [1.54, 1.807) is 0 Å². The van der Waals surface area contributed by atoms with Crippen LogP contribution in [-0.2, 0) is 6.54 Å². The van der Waals surface area contributed by atoms with Crippen molar-refractivity contribution in [2.45, 2.75) is 32.4 Å². The Labute approximate surface area is 155 Å². The topological polar surface area (TPSA) is 36.4 Å². The van der Waals surface area contributed by atoms with Crippen molar-refractivity contribution in [3.63, 3.8) is 0 Å². The molecule has 1 aliphatic carbocycles. The van der Waals surface area contributed by atoms with Crippen LogP contribution in [0.2, 0.25) is 0 Å². The Morgan fingerprint density at radius 1 is 1.09 bits per heavy atom. The Morgan fingerprint density at radius 3 is 2.61 bits per heavy atom. The molecule has 0 saturated heterocycles. The summed E-state index contributed by atoms with van der Waals surface area (Å²) in [6.45, 7) is 3.67. The van der Waals surface area contributed by atoms with Crippen molar-refractivity contribution < 1.29 is 0 Å². The van der Waals surface area contributed by atoms with Crippen molar-refractivity contribution in [3.05, 3.63) is 60.2 Å². The molecule has 3 nitrogen and oxygen atoms in total. The van der Waals surface area contributed by atoms with Crippen LogP contribution in [0, 0.1) is 0 Å². The van der Waals surface area contributed by atoms with Gasteiger partial charge in [-0.2, -0.15) is 0 Å². The van der Waals surface area contributed by atoms with Gasteiger partial charge in [-0.05, 0) is 36.1 Å². The van der Waals surface area contributed by atoms with Gasteiger partial charge in [-0.3, -0.25) is 0 Å². The minimum absolute atomic E-state index is 0. The fraction of sp³-hybridized carbons (Fsp3) is 0.316. The second-order valence-electron chi connectivity index (χ2n) is 5.62. The molecule has 0 spiro atoms. The van der Waals surface area contributed by atoms with Crippen molar-refractivity contribution >= 4 is 40.7 Å². The fourth-order valence-electron chi connectivity index (χ4n) is 2.84. The first-order chi connectivity index (χ1) is 10.9. The molecule has 0 radical (unpaired) electrons. The Kier molecular flexibility index (Phi) is 6.89. The Balaban J connectivity index is 0.00000192. The van der Waals surface area contributed by atoms with E-state index in [4.69, 9.17) is 4.99 Å². The van der Waals surface area contributed by atoms with Crippen molar-refractivity contribution in [3.8, 4) is 0 Å². The van der Waals surface area contributed by atoms with Gasteiger partial charge < -0.3 is 10.6 Å². The number of nitrogens with one attached hydrogen (secondary N) is 2. The minimum Gasteiger partial charge on any atom is -0.357 e. The predicted octanol–water partition coefficient (Wildman–Crippen LogP) is 4.23. The summed E-state index contributed by atoms with van der Waals surface area (Å²) in [5.74, 6) is 0.907. The predicted molar refractivity (Wildman–Crippen MR) is 109 cm³/mol. The molecule has 2 aromatic rings. The van der Waals surface area contributed by atoms with Crippen LogP contribution in [0.25, 0.3) is 10.8 Å². The summed E-state index contributed by atoms with van der Waals surface area (Å²) in [6.07, 6.45) is 6.62. The maximum Gasteiger partial charge on any atom is 0.191 e. The van der Waals surface area contributed by atoms with Crippen LogP contribution in [0.5, 0.6) is 0 Å². The van der Waals surface area contributed by atoms with Crippen LogP contribution < -0.4 is 10.6 Å². The molecule has 0 atom stereocenters. The van der Waals surface area contributed by atoms with E-state index in [-0.39, 0.29) is 24.0 Å². The zero-order valence-electron chi connectivity index (χ0n) is 13.5. The molecule has 0 amide bonds. The number of halogens is 1. The van der Waals surface area contributed by atoms with E-state index in [1.165, 1.54) is 16.3 Å². The molecule has 0 heterocycles. The second kappa shape index (κ2) is 8.91. The molecule has 0 aliphatic heterocycles. The SMILES string of the molecule is CCNC(=NCc1cccc2ccccc12)NC1CC=CC1.I. The van der Waals surface area contributed by atoms with Crippen molar-refractivity contribution in [2.24, 2.45) is 4.99 Å². The summed E-state index contributed by atoms with van der Waals surface area (Å²) in [5, 5.41) is 9.41.